The van der Waals surface area contributed by atoms with E-state index in [1.807, 2.05) is 12.1 Å². The number of hydrogen-bond donors (Lipinski definition) is 1. The number of carbonyl (C=O) groups is 2. The third-order valence-corrected chi connectivity index (χ3v) is 3.51. The highest BCUT2D eigenvalue weighted by Crippen LogP contribution is 2.27. The van der Waals surface area contributed by atoms with Crippen LogP contribution in [0.25, 0.3) is 0 Å². The molecule has 0 saturated carbocycles. The number of nitrogens with zero attached hydrogens (tertiary/aromatic N) is 1. The second-order valence-electron chi connectivity index (χ2n) is 5.13. The lowest BCUT2D eigenvalue weighted by Crippen LogP contribution is -2.29. The number of amides is 1. The van der Waals surface area contributed by atoms with E-state index in [0.29, 0.717) is 6.42 Å². The van der Waals surface area contributed by atoms with Gasteiger partial charge < -0.3 is 10.0 Å². The molecule has 0 aromatic heterocycles. The van der Waals surface area contributed by atoms with Crippen molar-refractivity contribution in [1.29, 1.82) is 0 Å². The SMILES string of the molecule is CC(C)(C(=O)O)c1ccc(N2CCCC2=O)cc1. The van der Waals surface area contributed by atoms with E-state index in [2.05, 4.69) is 0 Å². The van der Waals surface area contributed by atoms with Crippen molar-refractivity contribution in [2.24, 2.45) is 0 Å². The molecular weight excluding hydrogens is 230 g/mol. The number of carboxylic acid groups (broad SMARTS) is 1. The van der Waals surface area contributed by atoms with Crippen LogP contribution in [0.4, 0.5) is 5.69 Å². The molecule has 1 N–H and O–H groups in total. The molecule has 0 bridgehead atoms. The minimum absolute atomic E-state index is 0.139. The van der Waals surface area contributed by atoms with Gasteiger partial charge in [-0.2, -0.15) is 0 Å². The quantitative estimate of drug-likeness (QED) is 0.890. The van der Waals surface area contributed by atoms with Crippen molar-refractivity contribution < 1.29 is 14.7 Å². The highest BCUT2D eigenvalue weighted by molar-refractivity contribution is 5.95. The van der Waals surface area contributed by atoms with Crippen LogP contribution in [0, 0.1) is 0 Å². The van der Waals surface area contributed by atoms with E-state index in [1.54, 1.807) is 30.9 Å². The average molecular weight is 247 g/mol. The first-order valence-electron chi connectivity index (χ1n) is 6.07. The molecule has 0 unspecified atom stereocenters. The molecule has 4 nitrogen and oxygen atoms in total. The van der Waals surface area contributed by atoms with Gasteiger partial charge in [0.2, 0.25) is 5.91 Å². The summed E-state index contributed by atoms with van der Waals surface area (Å²) in [4.78, 5) is 24.5. The van der Waals surface area contributed by atoms with Crippen LogP contribution in [0.3, 0.4) is 0 Å². The number of hydrogen-bond acceptors (Lipinski definition) is 2. The summed E-state index contributed by atoms with van der Waals surface area (Å²) in [6.07, 6.45) is 1.49. The molecule has 1 aliphatic heterocycles. The van der Waals surface area contributed by atoms with Crippen molar-refractivity contribution in [2.45, 2.75) is 32.1 Å². The monoisotopic (exact) mass is 247 g/mol. The summed E-state index contributed by atoms with van der Waals surface area (Å²) in [5.74, 6) is -0.715. The Hall–Kier alpha value is -1.84. The lowest BCUT2D eigenvalue weighted by molar-refractivity contribution is -0.142. The lowest BCUT2D eigenvalue weighted by Gasteiger charge is -2.21. The Bertz CT molecular complexity index is 476. The fourth-order valence-electron chi connectivity index (χ4n) is 2.10. The van der Waals surface area contributed by atoms with Gasteiger partial charge in [0.15, 0.2) is 0 Å². The van der Waals surface area contributed by atoms with Gasteiger partial charge in [-0.3, -0.25) is 9.59 Å². The Morgan fingerprint density at radius 2 is 1.89 bits per heavy atom. The molecule has 0 aliphatic carbocycles. The van der Waals surface area contributed by atoms with Crippen molar-refractivity contribution in [2.75, 3.05) is 11.4 Å². The van der Waals surface area contributed by atoms with Crippen LogP contribution in [0.1, 0.15) is 32.3 Å². The molecule has 1 aromatic carbocycles. The first-order chi connectivity index (χ1) is 8.43. The van der Waals surface area contributed by atoms with Crippen LogP contribution >= 0.6 is 0 Å². The normalized spacial score (nSPS) is 16.1. The third kappa shape index (κ3) is 2.10. The van der Waals surface area contributed by atoms with Gasteiger partial charge >= 0.3 is 5.97 Å². The van der Waals surface area contributed by atoms with Crippen LogP contribution in [0.5, 0.6) is 0 Å². The zero-order valence-corrected chi connectivity index (χ0v) is 10.6. The highest BCUT2D eigenvalue weighted by atomic mass is 16.4. The van der Waals surface area contributed by atoms with E-state index in [0.717, 1.165) is 24.2 Å². The number of carbonyl (C=O) groups excluding carboxylic acids is 1. The topological polar surface area (TPSA) is 57.6 Å². The molecule has 1 saturated heterocycles. The van der Waals surface area contributed by atoms with Crippen molar-refractivity contribution in [3.63, 3.8) is 0 Å². The van der Waals surface area contributed by atoms with E-state index in [1.165, 1.54) is 0 Å². The Balaban J connectivity index is 2.25. The molecule has 4 heteroatoms. The average Bonchev–Trinajstić information content (AvgIpc) is 2.75. The maximum atomic E-state index is 11.6. The van der Waals surface area contributed by atoms with Gasteiger partial charge in [0.25, 0.3) is 0 Å². The predicted molar refractivity (Wildman–Crippen MR) is 68.7 cm³/mol. The standard InChI is InChI=1S/C14H17NO3/c1-14(2,13(17)18)10-5-7-11(8-6-10)15-9-3-4-12(15)16/h5-8H,3-4,9H2,1-2H3,(H,17,18). The van der Waals surface area contributed by atoms with Crippen LogP contribution < -0.4 is 4.90 Å². The number of carboxylic acids is 1. The summed E-state index contributed by atoms with van der Waals surface area (Å²) >= 11 is 0. The van der Waals surface area contributed by atoms with Gasteiger partial charge in [0.05, 0.1) is 5.41 Å². The zero-order valence-electron chi connectivity index (χ0n) is 10.6. The van der Waals surface area contributed by atoms with Gasteiger partial charge in [0.1, 0.15) is 0 Å². The molecule has 0 radical (unpaired) electrons. The van der Waals surface area contributed by atoms with Crippen LogP contribution in [0.15, 0.2) is 24.3 Å². The highest BCUT2D eigenvalue weighted by Gasteiger charge is 2.29. The Labute approximate surface area is 106 Å². The Morgan fingerprint density at radius 3 is 2.33 bits per heavy atom. The fourth-order valence-corrected chi connectivity index (χ4v) is 2.10. The van der Waals surface area contributed by atoms with E-state index in [9.17, 15) is 9.59 Å². The number of aliphatic carboxylic acids is 1. The molecule has 96 valence electrons. The molecule has 0 atom stereocenters. The first kappa shape index (κ1) is 12.6. The van der Waals surface area contributed by atoms with Gasteiger partial charge in [-0.15, -0.1) is 0 Å². The molecular formula is C14H17NO3. The minimum Gasteiger partial charge on any atom is -0.481 e. The van der Waals surface area contributed by atoms with Crippen molar-refractivity contribution in [3.8, 4) is 0 Å². The van der Waals surface area contributed by atoms with E-state index in [4.69, 9.17) is 5.11 Å². The summed E-state index contributed by atoms with van der Waals surface area (Å²) in [7, 11) is 0. The molecule has 1 amide bonds. The molecule has 1 fully saturated rings. The molecule has 2 rings (SSSR count). The molecule has 1 heterocycles. The van der Waals surface area contributed by atoms with Crippen molar-refractivity contribution >= 4 is 17.6 Å². The van der Waals surface area contributed by atoms with E-state index < -0.39 is 11.4 Å². The van der Waals surface area contributed by atoms with Crippen LogP contribution in [-0.2, 0) is 15.0 Å². The van der Waals surface area contributed by atoms with Gasteiger partial charge in [-0.25, -0.2) is 0 Å². The molecule has 1 aromatic rings. The lowest BCUT2D eigenvalue weighted by atomic mass is 9.85. The summed E-state index contributed by atoms with van der Waals surface area (Å²) in [5, 5.41) is 9.15. The van der Waals surface area contributed by atoms with Crippen LogP contribution in [-0.4, -0.2) is 23.5 Å². The van der Waals surface area contributed by atoms with Gasteiger partial charge in [0, 0.05) is 18.7 Å². The summed E-state index contributed by atoms with van der Waals surface area (Å²) in [6.45, 7) is 4.09. The van der Waals surface area contributed by atoms with Crippen molar-refractivity contribution in [3.05, 3.63) is 29.8 Å². The first-order valence-corrected chi connectivity index (χ1v) is 6.07. The molecule has 18 heavy (non-hydrogen) atoms. The predicted octanol–water partition coefficient (Wildman–Crippen LogP) is 2.18. The Kier molecular flexibility index (Phi) is 3.11. The Morgan fingerprint density at radius 1 is 1.28 bits per heavy atom. The summed E-state index contributed by atoms with van der Waals surface area (Å²) in [6, 6.07) is 7.22. The second-order valence-corrected chi connectivity index (χ2v) is 5.13. The maximum Gasteiger partial charge on any atom is 0.313 e. The van der Waals surface area contributed by atoms with Crippen LogP contribution in [0.2, 0.25) is 0 Å². The third-order valence-electron chi connectivity index (χ3n) is 3.51. The zero-order chi connectivity index (χ0) is 13.3. The molecule has 0 spiro atoms. The minimum atomic E-state index is -0.909. The fraction of sp³-hybridized carbons (Fsp3) is 0.429. The van der Waals surface area contributed by atoms with Gasteiger partial charge in [-0.1, -0.05) is 12.1 Å². The smallest absolute Gasteiger partial charge is 0.313 e. The largest absolute Gasteiger partial charge is 0.481 e. The second kappa shape index (κ2) is 4.44. The van der Waals surface area contributed by atoms with Crippen molar-refractivity contribution in [1.82, 2.24) is 0 Å². The number of benzene rings is 1. The maximum absolute atomic E-state index is 11.6. The summed E-state index contributed by atoms with van der Waals surface area (Å²) < 4.78 is 0. The van der Waals surface area contributed by atoms with E-state index >= 15 is 0 Å². The van der Waals surface area contributed by atoms with E-state index in [-0.39, 0.29) is 5.91 Å². The summed E-state index contributed by atoms with van der Waals surface area (Å²) in [5.41, 5.74) is 0.681. The number of anilines is 1. The van der Waals surface area contributed by atoms with Gasteiger partial charge in [-0.05, 0) is 38.0 Å². The molecule has 1 aliphatic rings. The number of rotatable bonds is 3.